The number of hydrogen-bond donors (Lipinski definition) is 1. The summed E-state index contributed by atoms with van der Waals surface area (Å²) in [4.78, 5) is 33.5. The molecule has 8 heteroatoms. The number of carbonyl (C=O) groups is 2. The predicted molar refractivity (Wildman–Crippen MR) is 92.9 cm³/mol. The molecule has 0 spiro atoms. The molecule has 0 bridgehead atoms. The Balaban J connectivity index is 1.83. The molecule has 0 aliphatic carbocycles. The molecule has 0 fully saturated rings. The van der Waals surface area contributed by atoms with E-state index in [4.69, 9.17) is 11.6 Å². The van der Waals surface area contributed by atoms with Crippen molar-refractivity contribution in [3.8, 4) is 0 Å². The fourth-order valence-corrected chi connectivity index (χ4v) is 3.27. The van der Waals surface area contributed by atoms with Crippen LogP contribution in [-0.2, 0) is 7.05 Å². The summed E-state index contributed by atoms with van der Waals surface area (Å²) in [6, 6.07) is 6.69. The van der Waals surface area contributed by atoms with Crippen molar-refractivity contribution in [2.45, 2.75) is 6.92 Å². The molecular weight excluding hydrogens is 348 g/mol. The lowest BCUT2D eigenvalue weighted by molar-refractivity contribution is 0.101. The molecule has 1 aromatic carbocycles. The highest BCUT2D eigenvalue weighted by Crippen LogP contribution is 2.23. The van der Waals surface area contributed by atoms with Crippen molar-refractivity contribution in [2.75, 3.05) is 5.32 Å². The van der Waals surface area contributed by atoms with E-state index >= 15 is 0 Å². The van der Waals surface area contributed by atoms with E-state index in [2.05, 4.69) is 15.3 Å². The number of carbonyl (C=O) groups excluding carboxylic acids is 2. The highest BCUT2D eigenvalue weighted by atomic mass is 35.5. The summed E-state index contributed by atoms with van der Waals surface area (Å²) in [5, 5.41) is 2.73. The second-order valence-corrected chi connectivity index (χ2v) is 6.88. The number of thiazole rings is 1. The van der Waals surface area contributed by atoms with Gasteiger partial charge in [-0.15, -0.1) is 11.3 Å². The third-order valence-corrected chi connectivity index (χ3v) is 4.47. The third kappa shape index (κ3) is 3.22. The Labute approximate surface area is 147 Å². The van der Waals surface area contributed by atoms with E-state index in [-0.39, 0.29) is 17.4 Å². The standard InChI is InChI=1S/C16H13ClN4O2S/c1-9-12(20-16(17)24-9)15(23)19-11-5-3-4-10(8-11)13(22)14-18-6-7-21(14)2/h3-8H,1-2H3,(H,19,23). The Morgan fingerprint density at radius 1 is 1.33 bits per heavy atom. The number of nitrogens with zero attached hydrogens (tertiary/aromatic N) is 3. The van der Waals surface area contributed by atoms with Crippen molar-refractivity contribution in [1.29, 1.82) is 0 Å². The molecule has 1 N–H and O–H groups in total. The molecule has 0 saturated carbocycles. The number of anilines is 1. The predicted octanol–water partition coefficient (Wildman–Crippen LogP) is 3.32. The average molecular weight is 361 g/mol. The van der Waals surface area contributed by atoms with E-state index < -0.39 is 0 Å². The van der Waals surface area contributed by atoms with Gasteiger partial charge in [-0.1, -0.05) is 23.7 Å². The number of ketones is 1. The van der Waals surface area contributed by atoms with Crippen LogP contribution >= 0.6 is 22.9 Å². The van der Waals surface area contributed by atoms with Crippen molar-refractivity contribution in [3.05, 3.63) is 63.1 Å². The summed E-state index contributed by atoms with van der Waals surface area (Å²) in [6.07, 6.45) is 3.27. The van der Waals surface area contributed by atoms with Crippen molar-refractivity contribution in [2.24, 2.45) is 7.05 Å². The van der Waals surface area contributed by atoms with Crippen LogP contribution in [0.1, 0.15) is 31.5 Å². The molecule has 3 aromatic rings. The van der Waals surface area contributed by atoms with Gasteiger partial charge < -0.3 is 9.88 Å². The molecule has 24 heavy (non-hydrogen) atoms. The molecule has 0 saturated heterocycles. The maximum Gasteiger partial charge on any atom is 0.275 e. The van der Waals surface area contributed by atoms with Crippen molar-refractivity contribution >= 4 is 40.3 Å². The number of rotatable bonds is 4. The number of nitrogens with one attached hydrogen (secondary N) is 1. The van der Waals surface area contributed by atoms with E-state index in [1.165, 1.54) is 11.3 Å². The Morgan fingerprint density at radius 2 is 2.12 bits per heavy atom. The van der Waals surface area contributed by atoms with Crippen LogP contribution in [0.2, 0.25) is 4.47 Å². The number of benzene rings is 1. The van der Waals surface area contributed by atoms with Gasteiger partial charge in [-0.3, -0.25) is 9.59 Å². The minimum Gasteiger partial charge on any atom is -0.331 e. The fourth-order valence-electron chi connectivity index (χ4n) is 2.22. The smallest absolute Gasteiger partial charge is 0.275 e. The number of aryl methyl sites for hydroxylation is 2. The van der Waals surface area contributed by atoms with Crippen molar-refractivity contribution in [1.82, 2.24) is 14.5 Å². The minimum atomic E-state index is -0.364. The average Bonchev–Trinajstić information content (AvgIpc) is 3.12. The highest BCUT2D eigenvalue weighted by molar-refractivity contribution is 7.15. The summed E-state index contributed by atoms with van der Waals surface area (Å²) in [5.74, 6) is -0.246. The summed E-state index contributed by atoms with van der Waals surface area (Å²) in [6.45, 7) is 1.78. The first kappa shape index (κ1) is 16.4. The van der Waals surface area contributed by atoms with Crippen LogP contribution < -0.4 is 5.32 Å². The van der Waals surface area contributed by atoms with Crippen molar-refractivity contribution < 1.29 is 9.59 Å². The number of halogens is 1. The van der Waals surface area contributed by atoms with Gasteiger partial charge in [0.05, 0.1) is 0 Å². The van der Waals surface area contributed by atoms with E-state index in [1.54, 1.807) is 55.2 Å². The molecule has 0 unspecified atom stereocenters. The summed E-state index contributed by atoms with van der Waals surface area (Å²) in [5.41, 5.74) is 1.23. The van der Waals surface area contributed by atoms with Crippen molar-refractivity contribution in [3.63, 3.8) is 0 Å². The van der Waals surface area contributed by atoms with Crippen LogP contribution in [0.25, 0.3) is 0 Å². The zero-order chi connectivity index (χ0) is 17.3. The maximum absolute atomic E-state index is 12.5. The van der Waals surface area contributed by atoms with Crippen LogP contribution in [-0.4, -0.2) is 26.2 Å². The second kappa shape index (κ2) is 6.54. The molecule has 122 valence electrons. The Hall–Kier alpha value is -2.51. The lowest BCUT2D eigenvalue weighted by Crippen LogP contribution is -2.14. The van der Waals surface area contributed by atoms with Gasteiger partial charge in [0.2, 0.25) is 5.78 Å². The van der Waals surface area contributed by atoms with Gasteiger partial charge in [0, 0.05) is 35.6 Å². The molecular formula is C16H13ClN4O2S. The second-order valence-electron chi connectivity index (χ2n) is 5.10. The molecule has 0 radical (unpaired) electrons. The van der Waals surface area contributed by atoms with Crippen LogP contribution in [0, 0.1) is 6.92 Å². The van der Waals surface area contributed by atoms with Gasteiger partial charge >= 0.3 is 0 Å². The molecule has 3 rings (SSSR count). The summed E-state index contributed by atoms with van der Waals surface area (Å²) < 4.78 is 1.96. The van der Waals surface area contributed by atoms with Crippen LogP contribution in [0.15, 0.2) is 36.7 Å². The first-order valence-electron chi connectivity index (χ1n) is 7.02. The molecule has 2 heterocycles. The number of imidazole rings is 1. The number of hydrogen-bond acceptors (Lipinski definition) is 5. The van der Waals surface area contributed by atoms with Gasteiger partial charge in [0.15, 0.2) is 10.3 Å². The van der Waals surface area contributed by atoms with Crippen LogP contribution in [0.5, 0.6) is 0 Å². The first-order valence-corrected chi connectivity index (χ1v) is 8.21. The topological polar surface area (TPSA) is 76.9 Å². The van der Waals surface area contributed by atoms with Gasteiger partial charge in [0.25, 0.3) is 5.91 Å². The molecule has 6 nitrogen and oxygen atoms in total. The summed E-state index contributed by atoms with van der Waals surface area (Å²) in [7, 11) is 1.75. The monoisotopic (exact) mass is 360 g/mol. The normalized spacial score (nSPS) is 10.6. The Morgan fingerprint density at radius 3 is 2.75 bits per heavy atom. The van der Waals surface area contributed by atoms with Crippen LogP contribution in [0.3, 0.4) is 0 Å². The van der Waals surface area contributed by atoms with E-state index in [9.17, 15) is 9.59 Å². The van der Waals surface area contributed by atoms with E-state index in [0.29, 0.717) is 21.5 Å². The third-order valence-electron chi connectivity index (χ3n) is 3.39. The Kier molecular flexibility index (Phi) is 4.46. The molecule has 0 aliphatic rings. The maximum atomic E-state index is 12.5. The fraction of sp³-hybridized carbons (Fsp3) is 0.125. The zero-order valence-corrected chi connectivity index (χ0v) is 14.5. The SMILES string of the molecule is Cc1sc(Cl)nc1C(=O)Nc1cccc(C(=O)c2nccn2C)c1. The lowest BCUT2D eigenvalue weighted by Gasteiger charge is -2.06. The van der Waals surface area contributed by atoms with Gasteiger partial charge in [-0.2, -0.15) is 0 Å². The molecule has 1 amide bonds. The molecule has 2 aromatic heterocycles. The lowest BCUT2D eigenvalue weighted by atomic mass is 10.1. The van der Waals surface area contributed by atoms with E-state index in [0.717, 1.165) is 4.88 Å². The van der Waals surface area contributed by atoms with Crippen LogP contribution in [0.4, 0.5) is 5.69 Å². The Bertz CT molecular complexity index is 932. The minimum absolute atomic E-state index is 0.216. The summed E-state index contributed by atoms with van der Waals surface area (Å²) >= 11 is 7.07. The first-order chi connectivity index (χ1) is 11.5. The van der Waals surface area contributed by atoms with Gasteiger partial charge in [-0.25, -0.2) is 9.97 Å². The number of aromatic nitrogens is 3. The quantitative estimate of drug-likeness (QED) is 0.724. The molecule has 0 aliphatic heterocycles. The zero-order valence-electron chi connectivity index (χ0n) is 12.9. The molecule has 0 atom stereocenters. The van der Waals surface area contributed by atoms with Gasteiger partial charge in [0.1, 0.15) is 5.69 Å². The largest absolute Gasteiger partial charge is 0.331 e. The highest BCUT2D eigenvalue weighted by Gasteiger charge is 2.17. The van der Waals surface area contributed by atoms with E-state index in [1.807, 2.05) is 0 Å². The van der Waals surface area contributed by atoms with Gasteiger partial charge in [-0.05, 0) is 19.1 Å². The number of amides is 1.